The van der Waals surface area contributed by atoms with E-state index in [1.165, 1.54) is 18.2 Å². The first-order valence-corrected chi connectivity index (χ1v) is 13.0. The van der Waals surface area contributed by atoms with Crippen LogP contribution in [0.1, 0.15) is 43.1 Å². The van der Waals surface area contributed by atoms with E-state index in [9.17, 15) is 9.18 Å². The first-order chi connectivity index (χ1) is 18.9. The number of nitrogens with zero attached hydrogens (tertiary/aromatic N) is 2. The highest BCUT2D eigenvalue weighted by atomic mass is 19.1. The zero-order valence-corrected chi connectivity index (χ0v) is 21.8. The predicted octanol–water partition coefficient (Wildman–Crippen LogP) is 7.82. The molecular weight excluding hydrogens is 498 g/mol. The Bertz CT molecular complexity index is 1660. The SMILES string of the molecule is CCCCCc1ccc(-c2cc3ccc(OCc4ncc(-c5ccc(C)cc5)cn4)c(F)c3c(=O)o2)c(F)c1. The van der Waals surface area contributed by atoms with Gasteiger partial charge in [0.15, 0.2) is 17.4 Å². The number of ether oxygens (including phenoxy) is 1. The van der Waals surface area contributed by atoms with Crippen molar-refractivity contribution in [3.8, 4) is 28.2 Å². The Morgan fingerprint density at radius 1 is 0.897 bits per heavy atom. The molecule has 5 aromatic rings. The van der Waals surface area contributed by atoms with Crippen molar-refractivity contribution in [2.24, 2.45) is 0 Å². The molecular formula is C32H28F2N2O3. The lowest BCUT2D eigenvalue weighted by Crippen LogP contribution is -2.07. The summed E-state index contributed by atoms with van der Waals surface area (Å²) >= 11 is 0. The molecule has 198 valence electrons. The number of unbranched alkanes of at least 4 members (excludes halogenated alkanes) is 2. The van der Waals surface area contributed by atoms with Crippen LogP contribution in [0.3, 0.4) is 0 Å². The van der Waals surface area contributed by atoms with Gasteiger partial charge < -0.3 is 9.15 Å². The molecule has 2 heterocycles. The number of benzene rings is 3. The third-order valence-corrected chi connectivity index (χ3v) is 6.65. The molecule has 0 fully saturated rings. The minimum Gasteiger partial charge on any atom is -0.483 e. The van der Waals surface area contributed by atoms with Crippen LogP contribution < -0.4 is 10.4 Å². The second-order valence-corrected chi connectivity index (χ2v) is 9.55. The van der Waals surface area contributed by atoms with E-state index in [-0.39, 0.29) is 34.5 Å². The van der Waals surface area contributed by atoms with E-state index in [0.29, 0.717) is 5.82 Å². The van der Waals surface area contributed by atoms with Gasteiger partial charge in [0.2, 0.25) is 0 Å². The standard InChI is InChI=1S/C32H28F2N2O3/c1-3-4-5-6-21-9-13-25(26(33)15-21)28-16-23-12-14-27(31(34)30(23)32(37)39-28)38-19-29-35-17-24(18-36-29)22-10-7-20(2)8-11-22/h7-18H,3-6,19H2,1-2H3. The Balaban J connectivity index is 1.33. The molecule has 5 rings (SSSR count). The molecule has 0 aliphatic rings. The Kier molecular flexibility index (Phi) is 7.77. The number of rotatable bonds is 9. The van der Waals surface area contributed by atoms with Gasteiger partial charge in [0.1, 0.15) is 23.6 Å². The van der Waals surface area contributed by atoms with Crippen LogP contribution in [0.15, 0.2) is 82.3 Å². The van der Waals surface area contributed by atoms with E-state index in [0.717, 1.165) is 47.9 Å². The van der Waals surface area contributed by atoms with Gasteiger partial charge in [-0.1, -0.05) is 61.7 Å². The molecule has 0 aliphatic carbocycles. The minimum absolute atomic E-state index is 0.0419. The number of fused-ring (bicyclic) bond motifs is 1. The molecule has 0 aliphatic heterocycles. The van der Waals surface area contributed by atoms with Gasteiger partial charge in [0.05, 0.1) is 5.56 Å². The Morgan fingerprint density at radius 2 is 1.67 bits per heavy atom. The van der Waals surface area contributed by atoms with E-state index in [2.05, 4.69) is 16.9 Å². The van der Waals surface area contributed by atoms with E-state index < -0.39 is 17.3 Å². The first-order valence-electron chi connectivity index (χ1n) is 13.0. The van der Waals surface area contributed by atoms with Crippen molar-refractivity contribution in [1.82, 2.24) is 9.97 Å². The van der Waals surface area contributed by atoms with Crippen molar-refractivity contribution in [2.75, 3.05) is 0 Å². The average Bonchev–Trinajstić information content (AvgIpc) is 2.93. The lowest BCUT2D eigenvalue weighted by Gasteiger charge is -2.10. The summed E-state index contributed by atoms with van der Waals surface area (Å²) in [5.74, 6) is -1.06. The smallest absolute Gasteiger partial charge is 0.347 e. The van der Waals surface area contributed by atoms with Crippen LogP contribution in [0.25, 0.3) is 33.2 Å². The van der Waals surface area contributed by atoms with Gasteiger partial charge in [-0.3, -0.25) is 0 Å². The molecule has 0 saturated carbocycles. The van der Waals surface area contributed by atoms with E-state index in [4.69, 9.17) is 9.15 Å². The summed E-state index contributed by atoms with van der Waals surface area (Å²) in [7, 11) is 0. The van der Waals surface area contributed by atoms with Crippen LogP contribution >= 0.6 is 0 Å². The van der Waals surface area contributed by atoms with Gasteiger partial charge in [0.25, 0.3) is 0 Å². The van der Waals surface area contributed by atoms with Crippen LogP contribution in [0.5, 0.6) is 5.75 Å². The number of hydrogen-bond donors (Lipinski definition) is 0. The molecule has 7 heteroatoms. The lowest BCUT2D eigenvalue weighted by atomic mass is 10.0. The van der Waals surface area contributed by atoms with Crippen molar-refractivity contribution in [1.29, 1.82) is 0 Å². The molecule has 39 heavy (non-hydrogen) atoms. The van der Waals surface area contributed by atoms with Crippen LogP contribution in [-0.2, 0) is 13.0 Å². The first kappa shape index (κ1) is 26.2. The van der Waals surface area contributed by atoms with E-state index in [1.807, 2.05) is 37.3 Å². The molecule has 2 aromatic heterocycles. The molecule has 0 unspecified atom stereocenters. The molecule has 0 spiro atoms. The molecule has 0 amide bonds. The molecule has 0 bridgehead atoms. The number of halogens is 2. The van der Waals surface area contributed by atoms with Gasteiger partial charge in [-0.2, -0.15) is 0 Å². The van der Waals surface area contributed by atoms with Gasteiger partial charge in [0, 0.05) is 18.0 Å². The minimum atomic E-state index is -0.907. The van der Waals surface area contributed by atoms with Gasteiger partial charge >= 0.3 is 5.63 Å². The topological polar surface area (TPSA) is 65.2 Å². The summed E-state index contributed by atoms with van der Waals surface area (Å²) in [4.78, 5) is 21.4. The monoisotopic (exact) mass is 526 g/mol. The number of aromatic nitrogens is 2. The lowest BCUT2D eigenvalue weighted by molar-refractivity contribution is 0.282. The maximum atomic E-state index is 15.3. The van der Waals surface area contributed by atoms with Crippen molar-refractivity contribution in [3.63, 3.8) is 0 Å². The van der Waals surface area contributed by atoms with E-state index >= 15 is 4.39 Å². The molecule has 3 aromatic carbocycles. The summed E-state index contributed by atoms with van der Waals surface area (Å²) < 4.78 is 41.1. The predicted molar refractivity (Wildman–Crippen MR) is 148 cm³/mol. The second-order valence-electron chi connectivity index (χ2n) is 9.55. The maximum Gasteiger partial charge on any atom is 0.347 e. The summed E-state index contributed by atoms with van der Waals surface area (Å²) in [6, 6.07) is 17.3. The van der Waals surface area contributed by atoms with Gasteiger partial charge in [-0.25, -0.2) is 23.5 Å². The normalized spacial score (nSPS) is 11.2. The van der Waals surface area contributed by atoms with Crippen molar-refractivity contribution < 1.29 is 17.9 Å². The molecule has 0 N–H and O–H groups in total. The molecule has 5 nitrogen and oxygen atoms in total. The van der Waals surface area contributed by atoms with Crippen LogP contribution in [-0.4, -0.2) is 9.97 Å². The average molecular weight is 527 g/mol. The Labute approximate surface area is 225 Å². The highest BCUT2D eigenvalue weighted by Gasteiger charge is 2.17. The second kappa shape index (κ2) is 11.6. The van der Waals surface area contributed by atoms with E-state index in [1.54, 1.807) is 24.5 Å². The fourth-order valence-corrected chi connectivity index (χ4v) is 4.43. The molecule has 0 atom stereocenters. The summed E-state index contributed by atoms with van der Waals surface area (Å²) in [6.07, 6.45) is 7.28. The zero-order valence-electron chi connectivity index (χ0n) is 21.8. The fraction of sp³-hybridized carbons (Fsp3) is 0.219. The number of aryl methyl sites for hydroxylation is 2. The highest BCUT2D eigenvalue weighted by molar-refractivity contribution is 5.86. The summed E-state index contributed by atoms with van der Waals surface area (Å²) in [5.41, 5.74) is 3.13. The maximum absolute atomic E-state index is 15.3. The van der Waals surface area contributed by atoms with Crippen molar-refractivity contribution >= 4 is 10.8 Å². The largest absolute Gasteiger partial charge is 0.483 e. The molecule has 0 radical (unpaired) electrons. The quantitative estimate of drug-likeness (QED) is 0.183. The van der Waals surface area contributed by atoms with Gasteiger partial charge in [-0.05, 0) is 60.5 Å². The van der Waals surface area contributed by atoms with Crippen molar-refractivity contribution in [3.05, 3.63) is 112 Å². The number of hydrogen-bond acceptors (Lipinski definition) is 5. The summed E-state index contributed by atoms with van der Waals surface area (Å²) in [6.45, 7) is 4.04. The third kappa shape index (κ3) is 5.87. The third-order valence-electron chi connectivity index (χ3n) is 6.65. The zero-order chi connectivity index (χ0) is 27.4. The van der Waals surface area contributed by atoms with Crippen molar-refractivity contribution in [2.45, 2.75) is 46.1 Å². The molecule has 0 saturated heterocycles. The van der Waals surface area contributed by atoms with Gasteiger partial charge in [-0.15, -0.1) is 0 Å². The highest BCUT2D eigenvalue weighted by Crippen LogP contribution is 2.30. The fourth-order valence-electron chi connectivity index (χ4n) is 4.43. The van der Waals surface area contributed by atoms with Crippen LogP contribution in [0, 0.1) is 18.6 Å². The Morgan fingerprint density at radius 3 is 2.38 bits per heavy atom. The van der Waals surface area contributed by atoms with Crippen LogP contribution in [0.2, 0.25) is 0 Å². The summed E-state index contributed by atoms with van der Waals surface area (Å²) in [5, 5.41) is 0.0275. The van der Waals surface area contributed by atoms with Crippen LogP contribution in [0.4, 0.5) is 8.78 Å². The Hall–Kier alpha value is -4.39.